The number of hydrogen-bond donors (Lipinski definition) is 2. The monoisotopic (exact) mass is 497 g/mol. The smallest absolute Gasteiger partial charge is 0.338 e. The lowest BCUT2D eigenvalue weighted by Gasteiger charge is -2.26. The Bertz CT molecular complexity index is 1170. The van der Waals surface area contributed by atoms with Gasteiger partial charge in [-0.3, -0.25) is 9.59 Å². The topological polar surface area (TPSA) is 131 Å². The van der Waals surface area contributed by atoms with Gasteiger partial charge in [0, 0.05) is 18.8 Å². The lowest BCUT2D eigenvalue weighted by Crippen LogP contribution is -2.41. The molecule has 1 aliphatic heterocycles. The van der Waals surface area contributed by atoms with Crippen molar-refractivity contribution in [3.63, 3.8) is 0 Å². The van der Waals surface area contributed by atoms with Crippen molar-refractivity contribution < 1.29 is 41.1 Å². The molecule has 0 atom stereocenters. The SMILES string of the molecule is O=C(COC(=O)c1ccc(F)c(S(=O)(=O)N2CCOCC2)c1)NCC(=O)Nc1ccc(F)cc1. The number of rotatable bonds is 8. The Balaban J connectivity index is 1.53. The molecule has 3 rings (SSSR count). The van der Waals surface area contributed by atoms with E-state index in [1.165, 1.54) is 12.1 Å². The van der Waals surface area contributed by atoms with E-state index in [2.05, 4.69) is 10.6 Å². The minimum atomic E-state index is -4.20. The number of nitrogens with one attached hydrogen (secondary N) is 2. The average molecular weight is 497 g/mol. The maximum absolute atomic E-state index is 14.2. The molecular weight excluding hydrogens is 476 g/mol. The van der Waals surface area contributed by atoms with Gasteiger partial charge >= 0.3 is 5.97 Å². The van der Waals surface area contributed by atoms with Crippen molar-refractivity contribution in [1.82, 2.24) is 9.62 Å². The summed E-state index contributed by atoms with van der Waals surface area (Å²) in [5.74, 6) is -3.95. The first kappa shape index (κ1) is 25.2. The summed E-state index contributed by atoms with van der Waals surface area (Å²) in [6.45, 7) is -0.770. The third-order valence-corrected chi connectivity index (χ3v) is 6.58. The van der Waals surface area contributed by atoms with E-state index in [-0.39, 0.29) is 31.9 Å². The highest BCUT2D eigenvalue weighted by atomic mass is 32.2. The first-order chi connectivity index (χ1) is 16.2. The van der Waals surface area contributed by atoms with Crippen LogP contribution in [0, 0.1) is 11.6 Å². The fraction of sp³-hybridized carbons (Fsp3) is 0.286. The first-order valence-corrected chi connectivity index (χ1v) is 11.5. The van der Waals surface area contributed by atoms with Crippen LogP contribution >= 0.6 is 0 Å². The summed E-state index contributed by atoms with van der Waals surface area (Å²) in [6, 6.07) is 7.69. The highest BCUT2D eigenvalue weighted by Crippen LogP contribution is 2.22. The zero-order chi connectivity index (χ0) is 24.7. The molecule has 13 heteroatoms. The number of nitrogens with zero attached hydrogens (tertiary/aromatic N) is 1. The van der Waals surface area contributed by atoms with Gasteiger partial charge in [0.2, 0.25) is 15.9 Å². The molecule has 182 valence electrons. The third-order valence-electron chi connectivity index (χ3n) is 4.66. The van der Waals surface area contributed by atoms with Crippen LogP contribution in [-0.4, -0.2) is 70.0 Å². The number of benzene rings is 2. The largest absolute Gasteiger partial charge is 0.452 e. The van der Waals surface area contributed by atoms with Gasteiger partial charge in [0.05, 0.1) is 25.3 Å². The number of morpholine rings is 1. The molecule has 2 aromatic carbocycles. The van der Waals surface area contributed by atoms with Crippen LogP contribution in [0.3, 0.4) is 0 Å². The number of amides is 2. The van der Waals surface area contributed by atoms with Crippen molar-refractivity contribution in [2.24, 2.45) is 0 Å². The molecular formula is C21H21F2N3O7S. The van der Waals surface area contributed by atoms with Crippen LogP contribution in [0.1, 0.15) is 10.4 Å². The van der Waals surface area contributed by atoms with Gasteiger partial charge in [-0.1, -0.05) is 0 Å². The molecule has 1 aliphatic rings. The third kappa shape index (κ3) is 6.56. The van der Waals surface area contributed by atoms with Crippen LogP contribution in [-0.2, 0) is 29.1 Å². The van der Waals surface area contributed by atoms with Gasteiger partial charge in [-0.05, 0) is 42.5 Å². The van der Waals surface area contributed by atoms with Crippen LogP contribution in [0.2, 0.25) is 0 Å². The molecule has 0 saturated carbocycles. The van der Waals surface area contributed by atoms with Crippen molar-refractivity contribution in [3.05, 3.63) is 59.7 Å². The number of esters is 1. The summed E-state index contributed by atoms with van der Waals surface area (Å²) in [7, 11) is -4.20. The van der Waals surface area contributed by atoms with Gasteiger partial charge in [0.25, 0.3) is 5.91 Å². The van der Waals surface area contributed by atoms with Crippen molar-refractivity contribution >= 4 is 33.5 Å². The number of anilines is 1. The summed E-state index contributed by atoms with van der Waals surface area (Å²) >= 11 is 0. The van der Waals surface area contributed by atoms with Crippen LogP contribution in [0.15, 0.2) is 47.4 Å². The van der Waals surface area contributed by atoms with Crippen LogP contribution in [0.25, 0.3) is 0 Å². The summed E-state index contributed by atoms with van der Waals surface area (Å²) < 4.78 is 63.5. The van der Waals surface area contributed by atoms with E-state index in [4.69, 9.17) is 9.47 Å². The number of ether oxygens (including phenoxy) is 2. The molecule has 1 fully saturated rings. The van der Waals surface area contributed by atoms with Crippen LogP contribution < -0.4 is 10.6 Å². The second-order valence-electron chi connectivity index (χ2n) is 7.07. The molecule has 0 aliphatic carbocycles. The summed E-state index contributed by atoms with van der Waals surface area (Å²) in [5.41, 5.74) is 0.0568. The fourth-order valence-electron chi connectivity index (χ4n) is 2.94. The summed E-state index contributed by atoms with van der Waals surface area (Å²) in [5, 5.41) is 4.67. The van der Waals surface area contributed by atoms with Crippen LogP contribution in [0.4, 0.5) is 14.5 Å². The number of sulfonamides is 1. The molecule has 10 nitrogen and oxygen atoms in total. The highest BCUT2D eigenvalue weighted by Gasteiger charge is 2.30. The van der Waals surface area contributed by atoms with Crippen molar-refractivity contribution in [2.75, 3.05) is 44.8 Å². The molecule has 0 unspecified atom stereocenters. The summed E-state index contributed by atoms with van der Waals surface area (Å²) in [6.07, 6.45) is 0. The predicted octanol–water partition coefficient (Wildman–Crippen LogP) is 0.897. The molecule has 0 spiro atoms. The molecule has 1 saturated heterocycles. The Hall–Kier alpha value is -3.42. The van der Waals surface area contributed by atoms with Crippen molar-refractivity contribution in [3.8, 4) is 0 Å². The van der Waals surface area contributed by atoms with E-state index in [0.717, 1.165) is 34.6 Å². The standard InChI is InChI=1S/C21H21F2N3O7S/c22-15-2-4-16(5-3-15)25-19(27)12-24-20(28)13-33-21(29)14-1-6-17(23)18(11-14)34(30,31)26-7-9-32-10-8-26/h1-6,11H,7-10,12-13H2,(H,24,28)(H,25,27). The molecule has 2 aromatic rings. The minimum absolute atomic E-state index is 0.0470. The number of carbonyl (C=O) groups excluding carboxylic acids is 3. The highest BCUT2D eigenvalue weighted by molar-refractivity contribution is 7.89. The molecule has 0 aromatic heterocycles. The fourth-order valence-corrected chi connectivity index (χ4v) is 4.44. The second-order valence-corrected chi connectivity index (χ2v) is 8.98. The second kappa shape index (κ2) is 11.1. The quantitative estimate of drug-likeness (QED) is 0.518. The first-order valence-electron chi connectivity index (χ1n) is 10.0. The maximum Gasteiger partial charge on any atom is 0.338 e. The molecule has 2 N–H and O–H groups in total. The van der Waals surface area contributed by atoms with E-state index in [0.29, 0.717) is 5.69 Å². The van der Waals surface area contributed by atoms with Gasteiger partial charge in [0.1, 0.15) is 16.5 Å². The van der Waals surface area contributed by atoms with Gasteiger partial charge in [0.15, 0.2) is 6.61 Å². The Morgan fingerprint density at radius 1 is 1.00 bits per heavy atom. The van der Waals surface area contributed by atoms with Crippen LogP contribution in [0.5, 0.6) is 0 Å². The number of hydrogen-bond acceptors (Lipinski definition) is 7. The molecule has 1 heterocycles. The minimum Gasteiger partial charge on any atom is -0.452 e. The lowest BCUT2D eigenvalue weighted by molar-refractivity contribution is -0.126. The zero-order valence-corrected chi connectivity index (χ0v) is 18.6. The Kier molecular flexibility index (Phi) is 8.26. The van der Waals surface area contributed by atoms with Gasteiger partial charge in [-0.2, -0.15) is 4.31 Å². The molecule has 0 radical (unpaired) electrons. The van der Waals surface area contributed by atoms with Crippen molar-refractivity contribution in [2.45, 2.75) is 4.90 Å². The van der Waals surface area contributed by atoms with E-state index in [9.17, 15) is 31.6 Å². The number of halogens is 2. The van der Waals surface area contributed by atoms with Gasteiger partial charge in [-0.15, -0.1) is 0 Å². The zero-order valence-electron chi connectivity index (χ0n) is 17.8. The number of carbonyl (C=O) groups is 3. The Labute approximate surface area is 193 Å². The van der Waals surface area contributed by atoms with E-state index in [1.807, 2.05) is 0 Å². The Morgan fingerprint density at radius 3 is 2.35 bits per heavy atom. The summed E-state index contributed by atoms with van der Waals surface area (Å²) in [4.78, 5) is 35.3. The lowest BCUT2D eigenvalue weighted by atomic mass is 10.2. The normalized spacial score (nSPS) is 14.3. The molecule has 0 bridgehead atoms. The Morgan fingerprint density at radius 2 is 1.68 bits per heavy atom. The molecule has 2 amide bonds. The maximum atomic E-state index is 14.2. The van der Waals surface area contributed by atoms with E-state index < -0.39 is 57.5 Å². The average Bonchev–Trinajstić information content (AvgIpc) is 2.83. The van der Waals surface area contributed by atoms with Gasteiger partial charge < -0.3 is 20.1 Å². The van der Waals surface area contributed by atoms with Crippen molar-refractivity contribution in [1.29, 1.82) is 0 Å². The van der Waals surface area contributed by atoms with E-state index in [1.54, 1.807) is 0 Å². The van der Waals surface area contributed by atoms with Gasteiger partial charge in [-0.25, -0.2) is 22.0 Å². The van der Waals surface area contributed by atoms with E-state index >= 15 is 0 Å². The predicted molar refractivity (Wildman–Crippen MR) is 114 cm³/mol. The molecule has 34 heavy (non-hydrogen) atoms.